The third kappa shape index (κ3) is 4.05. The largest absolute Gasteiger partial charge is 0.508 e. The van der Waals surface area contributed by atoms with E-state index in [1.54, 1.807) is 6.92 Å². The fourth-order valence-corrected chi connectivity index (χ4v) is 1.91. The highest BCUT2D eigenvalue weighted by Crippen LogP contribution is 2.27. The third-order valence-corrected chi connectivity index (χ3v) is 3.06. The van der Waals surface area contributed by atoms with Gasteiger partial charge in [0.15, 0.2) is 0 Å². The molecule has 0 aromatic carbocycles. The summed E-state index contributed by atoms with van der Waals surface area (Å²) in [6.07, 6.45) is 0.00655. The number of carbonyl (C=O) groups excluding carboxylic acids is 2. The Bertz CT molecular complexity index is 316. The fraction of sp³-hybridized carbons (Fsp3) is 0.833. The highest BCUT2D eigenvalue weighted by Gasteiger charge is 2.42. The van der Waals surface area contributed by atoms with Gasteiger partial charge in [0.1, 0.15) is 18.6 Å². The second-order valence-corrected chi connectivity index (χ2v) is 5.95. The summed E-state index contributed by atoms with van der Waals surface area (Å²) in [5, 5.41) is 0. The van der Waals surface area contributed by atoms with Gasteiger partial charge in [-0.1, -0.05) is 13.8 Å². The lowest BCUT2D eigenvalue weighted by Gasteiger charge is -2.31. The number of esters is 1. The van der Waals surface area contributed by atoms with Crippen LogP contribution in [0.25, 0.3) is 0 Å². The van der Waals surface area contributed by atoms with Crippen LogP contribution >= 0.6 is 11.6 Å². The van der Waals surface area contributed by atoms with Gasteiger partial charge in [-0.25, -0.2) is 4.79 Å². The first kappa shape index (κ1) is 15.1. The molecule has 0 unspecified atom stereocenters. The smallest absolute Gasteiger partial charge is 0.465 e. The van der Waals surface area contributed by atoms with Gasteiger partial charge in [0, 0.05) is 11.3 Å². The van der Waals surface area contributed by atoms with E-state index in [1.165, 1.54) is 0 Å². The minimum Gasteiger partial charge on any atom is -0.465 e. The molecule has 0 bridgehead atoms. The highest BCUT2D eigenvalue weighted by atomic mass is 35.5. The first-order valence-corrected chi connectivity index (χ1v) is 6.35. The summed E-state index contributed by atoms with van der Waals surface area (Å²) in [6, 6.07) is 0. The summed E-state index contributed by atoms with van der Waals surface area (Å²) in [7, 11) is 0. The number of rotatable bonds is 5. The molecule has 0 radical (unpaired) electrons. The summed E-state index contributed by atoms with van der Waals surface area (Å²) < 4.78 is 14.7. The number of ether oxygens (including phenoxy) is 3. The molecule has 1 heterocycles. The summed E-state index contributed by atoms with van der Waals surface area (Å²) in [4.78, 5) is 22.7. The number of hydrogen-bond donors (Lipinski definition) is 0. The van der Waals surface area contributed by atoms with E-state index >= 15 is 0 Å². The number of hydrogen-bond acceptors (Lipinski definition) is 5. The molecule has 0 amide bonds. The van der Waals surface area contributed by atoms with Gasteiger partial charge in [0.2, 0.25) is 0 Å². The lowest BCUT2D eigenvalue weighted by Crippen LogP contribution is -2.44. The van der Waals surface area contributed by atoms with E-state index in [2.05, 4.69) is 0 Å². The van der Waals surface area contributed by atoms with Gasteiger partial charge in [-0.05, 0) is 13.3 Å². The van der Waals surface area contributed by atoms with Crippen LogP contribution in [0.2, 0.25) is 0 Å². The van der Waals surface area contributed by atoms with E-state index in [4.69, 9.17) is 25.8 Å². The summed E-state index contributed by atoms with van der Waals surface area (Å²) >= 11 is 5.68. The number of halogens is 1. The molecule has 1 rings (SSSR count). The minimum absolute atomic E-state index is 0.0133. The molecule has 5 nitrogen and oxygen atoms in total. The Hall–Kier alpha value is -0.970. The minimum atomic E-state index is -0.926. The van der Waals surface area contributed by atoms with Crippen molar-refractivity contribution in [2.24, 2.45) is 10.8 Å². The van der Waals surface area contributed by atoms with Crippen LogP contribution in [0, 0.1) is 10.8 Å². The maximum atomic E-state index is 12.0. The van der Waals surface area contributed by atoms with Crippen LogP contribution in [-0.2, 0) is 19.0 Å². The Balaban J connectivity index is 2.47. The van der Waals surface area contributed by atoms with E-state index in [9.17, 15) is 9.59 Å². The molecular weight excluding hydrogens is 260 g/mol. The first-order valence-electron chi connectivity index (χ1n) is 5.82. The van der Waals surface area contributed by atoms with Crippen molar-refractivity contribution < 1.29 is 23.8 Å². The molecule has 0 atom stereocenters. The Kier molecular flexibility index (Phi) is 4.85. The van der Waals surface area contributed by atoms with Crippen molar-refractivity contribution in [3.63, 3.8) is 0 Å². The van der Waals surface area contributed by atoms with Crippen LogP contribution < -0.4 is 0 Å². The van der Waals surface area contributed by atoms with Gasteiger partial charge in [0.25, 0.3) is 0 Å². The van der Waals surface area contributed by atoms with Gasteiger partial charge in [-0.2, -0.15) is 0 Å². The average molecular weight is 279 g/mol. The van der Waals surface area contributed by atoms with Crippen LogP contribution in [0.3, 0.4) is 0 Å². The van der Waals surface area contributed by atoms with Crippen molar-refractivity contribution in [2.45, 2.75) is 27.2 Å². The molecule has 0 spiro atoms. The lowest BCUT2D eigenvalue weighted by atomic mass is 9.90. The molecule has 1 fully saturated rings. The molecule has 0 saturated carbocycles. The zero-order valence-corrected chi connectivity index (χ0v) is 11.7. The molecule has 0 aromatic rings. The molecule has 6 heteroatoms. The van der Waals surface area contributed by atoms with Crippen LogP contribution in [0.15, 0.2) is 0 Å². The Labute approximate surface area is 112 Å². The van der Waals surface area contributed by atoms with E-state index in [-0.39, 0.29) is 25.2 Å². The molecule has 0 aliphatic carbocycles. The SMILES string of the molecule is CC(C)(CCCl)COC(=O)C1(C)COC(=O)OC1. The molecule has 18 heavy (non-hydrogen) atoms. The van der Waals surface area contributed by atoms with Crippen molar-refractivity contribution in [3.8, 4) is 0 Å². The van der Waals surface area contributed by atoms with E-state index in [0.717, 1.165) is 6.42 Å². The number of carbonyl (C=O) groups is 2. The molecule has 1 aliphatic rings. The topological polar surface area (TPSA) is 61.8 Å². The van der Waals surface area contributed by atoms with Crippen molar-refractivity contribution >= 4 is 23.7 Å². The van der Waals surface area contributed by atoms with E-state index in [1.807, 2.05) is 13.8 Å². The predicted octanol–water partition coefficient (Wildman–Crippen LogP) is 2.36. The van der Waals surface area contributed by atoms with Gasteiger partial charge in [-0.3, -0.25) is 4.79 Å². The van der Waals surface area contributed by atoms with Crippen molar-refractivity contribution in [1.29, 1.82) is 0 Å². The van der Waals surface area contributed by atoms with Crippen molar-refractivity contribution in [1.82, 2.24) is 0 Å². The van der Waals surface area contributed by atoms with Crippen LogP contribution in [0.1, 0.15) is 27.2 Å². The Morgan fingerprint density at radius 3 is 2.50 bits per heavy atom. The molecular formula is C12H19ClO5. The molecule has 104 valence electrons. The van der Waals surface area contributed by atoms with Gasteiger partial charge >= 0.3 is 12.1 Å². The lowest BCUT2D eigenvalue weighted by molar-refractivity contribution is -0.169. The Morgan fingerprint density at radius 2 is 2.00 bits per heavy atom. The number of cyclic esters (lactones) is 2. The first-order chi connectivity index (χ1) is 8.29. The second kappa shape index (κ2) is 5.78. The van der Waals surface area contributed by atoms with Crippen molar-refractivity contribution in [2.75, 3.05) is 25.7 Å². The molecule has 1 saturated heterocycles. The highest BCUT2D eigenvalue weighted by molar-refractivity contribution is 6.17. The molecule has 1 aliphatic heterocycles. The quantitative estimate of drug-likeness (QED) is 0.571. The van der Waals surface area contributed by atoms with Crippen molar-refractivity contribution in [3.05, 3.63) is 0 Å². The summed E-state index contributed by atoms with van der Waals surface area (Å²) in [6.45, 7) is 5.85. The van der Waals surface area contributed by atoms with E-state index < -0.39 is 17.5 Å². The molecule has 0 N–H and O–H groups in total. The van der Waals surface area contributed by atoms with Gasteiger partial charge in [0.05, 0.1) is 6.61 Å². The van der Waals surface area contributed by atoms with Crippen LogP contribution in [0.5, 0.6) is 0 Å². The monoisotopic (exact) mass is 278 g/mol. The Morgan fingerprint density at radius 1 is 1.44 bits per heavy atom. The zero-order chi connectivity index (χ0) is 13.8. The zero-order valence-electron chi connectivity index (χ0n) is 11.0. The maximum absolute atomic E-state index is 12.0. The average Bonchev–Trinajstić information content (AvgIpc) is 2.30. The van der Waals surface area contributed by atoms with Crippen LogP contribution in [-0.4, -0.2) is 37.8 Å². The summed E-state index contributed by atoms with van der Waals surface area (Å²) in [5.41, 5.74) is -1.09. The molecule has 0 aromatic heterocycles. The normalized spacial score (nSPS) is 18.8. The van der Waals surface area contributed by atoms with Crippen LogP contribution in [0.4, 0.5) is 4.79 Å². The fourth-order valence-electron chi connectivity index (χ4n) is 1.40. The van der Waals surface area contributed by atoms with E-state index in [0.29, 0.717) is 5.88 Å². The predicted molar refractivity (Wildman–Crippen MR) is 65.5 cm³/mol. The summed E-state index contributed by atoms with van der Waals surface area (Å²) in [5.74, 6) is 0.0976. The maximum Gasteiger partial charge on any atom is 0.508 e. The van der Waals surface area contributed by atoms with Gasteiger partial charge in [-0.15, -0.1) is 11.6 Å². The second-order valence-electron chi connectivity index (χ2n) is 5.57. The number of alkyl halides is 1. The standard InChI is InChI=1S/C12H19ClO5/c1-11(2,4-5-13)6-16-9(14)12(3)7-17-10(15)18-8-12/h4-8H2,1-3H3. The third-order valence-electron chi connectivity index (χ3n) is 2.88. The van der Waals surface area contributed by atoms with Gasteiger partial charge < -0.3 is 14.2 Å².